The van der Waals surface area contributed by atoms with E-state index in [9.17, 15) is 0 Å². The van der Waals surface area contributed by atoms with Gasteiger partial charge >= 0.3 is 0 Å². The molecule has 1 aliphatic heterocycles. The Morgan fingerprint density at radius 1 is 1.00 bits per heavy atom. The third-order valence-corrected chi connectivity index (χ3v) is 5.19. The van der Waals surface area contributed by atoms with E-state index in [1.54, 1.807) is 0 Å². The van der Waals surface area contributed by atoms with Gasteiger partial charge in [0.05, 0.1) is 0 Å². The van der Waals surface area contributed by atoms with Crippen LogP contribution in [0.2, 0.25) is 0 Å². The monoisotopic (exact) mass is 390 g/mol. The first kappa shape index (κ1) is 22.9. The number of aryl methyl sites for hydroxylation is 1. The molecule has 1 aliphatic rings. The number of hydrogen-bond donors (Lipinski definition) is 2. The van der Waals surface area contributed by atoms with Gasteiger partial charge in [-0.3, -0.25) is 0 Å². The smallest absolute Gasteiger partial charge is 0.230 e. The van der Waals surface area contributed by atoms with E-state index >= 15 is 0 Å². The summed E-state index contributed by atoms with van der Waals surface area (Å²) in [7, 11) is 2.11. The lowest BCUT2D eigenvalue weighted by Gasteiger charge is -2.48. The van der Waals surface area contributed by atoms with Crippen LogP contribution in [0.4, 0.5) is 11.9 Å². The highest BCUT2D eigenvalue weighted by Crippen LogP contribution is 2.33. The molecule has 0 saturated carbocycles. The Labute approximate surface area is 172 Å². The summed E-state index contributed by atoms with van der Waals surface area (Å²) >= 11 is 0. The number of piperidine rings is 1. The third-order valence-electron chi connectivity index (χ3n) is 5.19. The topological polar surface area (TPSA) is 66.0 Å². The van der Waals surface area contributed by atoms with Crippen molar-refractivity contribution in [2.75, 3.05) is 17.3 Å². The van der Waals surface area contributed by atoms with E-state index in [-0.39, 0.29) is 22.0 Å². The van der Waals surface area contributed by atoms with E-state index in [1.165, 1.54) is 0 Å². The second-order valence-corrected chi connectivity index (χ2v) is 11.8. The SMILES string of the molecule is Cc1nc(NC(C)(C)CC(C)(C)C)nc(N(C)C2CC(C)(C)NC(C)(C)C2)n1. The van der Waals surface area contributed by atoms with Gasteiger partial charge in [0.1, 0.15) is 5.82 Å². The van der Waals surface area contributed by atoms with Gasteiger partial charge in [0, 0.05) is 29.7 Å². The molecule has 2 rings (SSSR count). The van der Waals surface area contributed by atoms with Gasteiger partial charge < -0.3 is 15.5 Å². The lowest BCUT2D eigenvalue weighted by molar-refractivity contribution is 0.160. The van der Waals surface area contributed by atoms with Crippen LogP contribution in [0.25, 0.3) is 0 Å². The summed E-state index contributed by atoms with van der Waals surface area (Å²) in [4.78, 5) is 16.2. The van der Waals surface area contributed by atoms with Gasteiger partial charge in [-0.05, 0) is 73.1 Å². The maximum absolute atomic E-state index is 4.79. The zero-order valence-electron chi connectivity index (χ0n) is 20.0. The molecule has 0 unspecified atom stereocenters. The molecule has 2 N–H and O–H groups in total. The summed E-state index contributed by atoms with van der Waals surface area (Å²) < 4.78 is 0. The molecule has 0 spiro atoms. The van der Waals surface area contributed by atoms with Crippen molar-refractivity contribution in [3.63, 3.8) is 0 Å². The van der Waals surface area contributed by atoms with Crippen molar-refractivity contribution in [2.45, 2.75) is 111 Å². The molecule has 1 aromatic heterocycles. The number of aromatic nitrogens is 3. The van der Waals surface area contributed by atoms with Crippen LogP contribution < -0.4 is 15.5 Å². The van der Waals surface area contributed by atoms with Gasteiger partial charge in [-0.15, -0.1) is 0 Å². The number of nitrogens with one attached hydrogen (secondary N) is 2. The predicted octanol–water partition coefficient (Wildman–Crippen LogP) is 4.55. The summed E-state index contributed by atoms with van der Waals surface area (Å²) in [5.74, 6) is 2.16. The first-order valence-corrected chi connectivity index (χ1v) is 10.5. The van der Waals surface area contributed by atoms with Crippen LogP contribution in [0.15, 0.2) is 0 Å². The van der Waals surface area contributed by atoms with Crippen molar-refractivity contribution in [3.05, 3.63) is 5.82 Å². The molecule has 1 fully saturated rings. The van der Waals surface area contributed by atoms with Crippen LogP contribution in [-0.4, -0.2) is 44.7 Å². The molecule has 28 heavy (non-hydrogen) atoms. The molecule has 0 atom stereocenters. The average Bonchev–Trinajstić information content (AvgIpc) is 2.38. The molecule has 160 valence electrons. The van der Waals surface area contributed by atoms with Crippen molar-refractivity contribution in [1.82, 2.24) is 20.3 Å². The average molecular weight is 391 g/mol. The van der Waals surface area contributed by atoms with Gasteiger partial charge in [-0.25, -0.2) is 0 Å². The lowest BCUT2D eigenvalue weighted by atomic mass is 9.79. The first-order chi connectivity index (χ1) is 12.5. The first-order valence-electron chi connectivity index (χ1n) is 10.5. The number of hydrogen-bond acceptors (Lipinski definition) is 6. The highest BCUT2D eigenvalue weighted by atomic mass is 15.3. The predicted molar refractivity (Wildman–Crippen MR) is 119 cm³/mol. The highest BCUT2D eigenvalue weighted by Gasteiger charge is 2.40. The molecular formula is C22H42N6. The fourth-order valence-electron chi connectivity index (χ4n) is 5.06. The van der Waals surface area contributed by atoms with Crippen molar-refractivity contribution < 1.29 is 0 Å². The zero-order chi connectivity index (χ0) is 21.5. The maximum Gasteiger partial charge on any atom is 0.230 e. The fourth-order valence-corrected chi connectivity index (χ4v) is 5.06. The van der Waals surface area contributed by atoms with E-state index in [0.717, 1.165) is 31.0 Å². The van der Waals surface area contributed by atoms with Crippen LogP contribution in [0.5, 0.6) is 0 Å². The van der Waals surface area contributed by atoms with E-state index < -0.39 is 0 Å². The van der Waals surface area contributed by atoms with Gasteiger partial charge in [-0.1, -0.05) is 20.8 Å². The Kier molecular flexibility index (Phi) is 6.07. The molecule has 0 radical (unpaired) electrons. The van der Waals surface area contributed by atoms with Crippen molar-refractivity contribution in [3.8, 4) is 0 Å². The zero-order valence-corrected chi connectivity index (χ0v) is 20.0. The van der Waals surface area contributed by atoms with E-state index in [1.807, 2.05) is 6.92 Å². The minimum atomic E-state index is -0.0966. The lowest BCUT2D eigenvalue weighted by Crippen LogP contribution is -2.62. The molecule has 6 nitrogen and oxygen atoms in total. The minimum Gasteiger partial charge on any atom is -0.349 e. The summed E-state index contributed by atoms with van der Waals surface area (Å²) in [5, 5.41) is 7.30. The van der Waals surface area contributed by atoms with Crippen LogP contribution in [0, 0.1) is 12.3 Å². The summed E-state index contributed by atoms with van der Waals surface area (Å²) in [6.07, 6.45) is 3.12. The Bertz CT molecular complexity index is 671. The number of rotatable bonds is 5. The van der Waals surface area contributed by atoms with Crippen molar-refractivity contribution in [1.29, 1.82) is 0 Å². The Hall–Kier alpha value is -1.43. The summed E-state index contributed by atoms with van der Waals surface area (Å²) in [5.41, 5.74) is 0.294. The number of nitrogens with zero attached hydrogens (tertiary/aromatic N) is 4. The Morgan fingerprint density at radius 2 is 1.54 bits per heavy atom. The highest BCUT2D eigenvalue weighted by molar-refractivity contribution is 5.39. The minimum absolute atomic E-state index is 0.0819. The van der Waals surface area contributed by atoms with Crippen LogP contribution in [-0.2, 0) is 0 Å². The van der Waals surface area contributed by atoms with E-state index in [2.05, 4.69) is 94.9 Å². The van der Waals surface area contributed by atoms with E-state index in [0.29, 0.717) is 12.0 Å². The van der Waals surface area contributed by atoms with E-state index in [4.69, 9.17) is 4.98 Å². The molecule has 0 bridgehead atoms. The maximum atomic E-state index is 4.79. The Morgan fingerprint density at radius 3 is 2.04 bits per heavy atom. The third kappa shape index (κ3) is 6.57. The van der Waals surface area contributed by atoms with Crippen molar-refractivity contribution in [2.24, 2.45) is 5.41 Å². The Balaban J connectivity index is 2.25. The normalized spacial score (nSPS) is 20.1. The molecule has 0 aromatic carbocycles. The molecule has 0 aliphatic carbocycles. The molecule has 1 saturated heterocycles. The molecule has 0 amide bonds. The van der Waals surface area contributed by atoms with Crippen molar-refractivity contribution >= 4 is 11.9 Å². The molecule has 1 aromatic rings. The quantitative estimate of drug-likeness (QED) is 0.769. The van der Waals surface area contributed by atoms with Crippen LogP contribution in [0.1, 0.15) is 87.4 Å². The molecule has 6 heteroatoms. The molecule has 2 heterocycles. The standard InChI is InChI=1S/C22H42N6/c1-15-23-17(26-22(9,10)14-19(2,3)4)25-18(24-15)28(11)16-12-20(5,6)27-21(7,8)13-16/h16,27H,12-14H2,1-11H3,(H,23,24,25,26). The van der Waals surface area contributed by atoms with Gasteiger partial charge in [0.25, 0.3) is 0 Å². The number of anilines is 2. The largest absolute Gasteiger partial charge is 0.349 e. The second kappa shape index (κ2) is 7.43. The van der Waals surface area contributed by atoms with Crippen LogP contribution in [0.3, 0.4) is 0 Å². The fraction of sp³-hybridized carbons (Fsp3) is 0.864. The second-order valence-electron chi connectivity index (χ2n) is 11.8. The van der Waals surface area contributed by atoms with Gasteiger partial charge in [0.15, 0.2) is 0 Å². The molecular weight excluding hydrogens is 348 g/mol. The van der Waals surface area contributed by atoms with Gasteiger partial charge in [-0.2, -0.15) is 15.0 Å². The summed E-state index contributed by atoms with van der Waals surface area (Å²) in [6, 6.07) is 0.378. The van der Waals surface area contributed by atoms with Gasteiger partial charge in [0.2, 0.25) is 11.9 Å². The summed E-state index contributed by atoms with van der Waals surface area (Å²) in [6.45, 7) is 22.2. The van der Waals surface area contributed by atoms with Crippen LogP contribution >= 0.6 is 0 Å².